The molecule has 0 unspecified atom stereocenters. The van der Waals surface area contributed by atoms with Crippen LogP contribution in [0.1, 0.15) is 44.9 Å². The highest BCUT2D eigenvalue weighted by Gasteiger charge is 2.26. The van der Waals surface area contributed by atoms with Crippen molar-refractivity contribution in [2.45, 2.75) is 57.1 Å². The molecule has 0 spiro atoms. The molecular weight excluding hydrogens is 334 g/mol. The van der Waals surface area contributed by atoms with E-state index in [1.807, 2.05) is 23.1 Å². The molecular formula is C19H25N3O2S. The van der Waals surface area contributed by atoms with Crippen LogP contribution in [-0.2, 0) is 0 Å². The van der Waals surface area contributed by atoms with E-state index < -0.39 is 0 Å². The lowest BCUT2D eigenvalue weighted by Gasteiger charge is -2.33. The number of hydrogen-bond donors (Lipinski definition) is 1. The summed E-state index contributed by atoms with van der Waals surface area (Å²) in [6.07, 6.45) is 7.93. The lowest BCUT2D eigenvalue weighted by atomic mass is 9.96. The average molecular weight is 359 g/mol. The Morgan fingerprint density at radius 1 is 1.12 bits per heavy atom. The third kappa shape index (κ3) is 4.06. The normalized spacial score (nSPS) is 19.9. The molecule has 2 aromatic rings. The molecule has 1 aliphatic carbocycles. The maximum Gasteiger partial charge on any atom is 0.317 e. The number of nitrogens with one attached hydrogen (secondary N) is 1. The van der Waals surface area contributed by atoms with Crippen molar-refractivity contribution in [3.8, 4) is 5.19 Å². The molecule has 1 saturated carbocycles. The van der Waals surface area contributed by atoms with E-state index in [9.17, 15) is 4.79 Å². The number of para-hydroxylation sites is 1. The minimum Gasteiger partial charge on any atom is -0.467 e. The Morgan fingerprint density at radius 2 is 1.88 bits per heavy atom. The SMILES string of the molecule is O=C(NC1CCCCC1)N1CCC(Oc2nc3ccccc3s2)CC1. The van der Waals surface area contributed by atoms with E-state index >= 15 is 0 Å². The summed E-state index contributed by atoms with van der Waals surface area (Å²) in [5.41, 5.74) is 0.992. The van der Waals surface area contributed by atoms with Crippen LogP contribution in [0.15, 0.2) is 24.3 Å². The molecule has 1 aromatic carbocycles. The predicted molar refractivity (Wildman–Crippen MR) is 100 cm³/mol. The van der Waals surface area contributed by atoms with Gasteiger partial charge in [-0.3, -0.25) is 0 Å². The molecule has 0 atom stereocenters. The second-order valence-corrected chi connectivity index (χ2v) is 8.03. The number of carbonyl (C=O) groups is 1. The number of piperidine rings is 1. The first-order chi connectivity index (χ1) is 12.3. The van der Waals surface area contributed by atoms with Crippen LogP contribution in [0.2, 0.25) is 0 Å². The quantitative estimate of drug-likeness (QED) is 0.894. The molecule has 1 N–H and O–H groups in total. The number of amides is 2. The fourth-order valence-corrected chi connectivity index (χ4v) is 4.61. The molecule has 1 saturated heterocycles. The van der Waals surface area contributed by atoms with Crippen molar-refractivity contribution in [3.63, 3.8) is 0 Å². The van der Waals surface area contributed by atoms with Gasteiger partial charge in [-0.15, -0.1) is 0 Å². The monoisotopic (exact) mass is 359 g/mol. The number of fused-ring (bicyclic) bond motifs is 1. The zero-order valence-electron chi connectivity index (χ0n) is 14.4. The van der Waals surface area contributed by atoms with Gasteiger partial charge in [-0.25, -0.2) is 9.78 Å². The topological polar surface area (TPSA) is 54.5 Å². The number of aromatic nitrogens is 1. The number of nitrogens with zero attached hydrogens (tertiary/aromatic N) is 2. The first kappa shape index (κ1) is 16.6. The van der Waals surface area contributed by atoms with Crippen LogP contribution in [0.25, 0.3) is 10.2 Å². The molecule has 134 valence electrons. The number of rotatable bonds is 3. The zero-order chi connectivity index (χ0) is 17.1. The molecule has 2 aliphatic rings. The van der Waals surface area contributed by atoms with Crippen LogP contribution < -0.4 is 10.1 Å². The van der Waals surface area contributed by atoms with Crippen molar-refractivity contribution in [1.29, 1.82) is 0 Å². The van der Waals surface area contributed by atoms with Gasteiger partial charge >= 0.3 is 6.03 Å². The molecule has 5 nitrogen and oxygen atoms in total. The van der Waals surface area contributed by atoms with Crippen molar-refractivity contribution in [1.82, 2.24) is 15.2 Å². The van der Waals surface area contributed by atoms with Crippen molar-refractivity contribution in [2.75, 3.05) is 13.1 Å². The molecule has 1 aliphatic heterocycles. The zero-order valence-corrected chi connectivity index (χ0v) is 15.3. The fourth-order valence-electron chi connectivity index (χ4n) is 3.73. The molecule has 25 heavy (non-hydrogen) atoms. The van der Waals surface area contributed by atoms with E-state index in [1.54, 1.807) is 11.3 Å². The molecule has 2 fully saturated rings. The number of ether oxygens (including phenoxy) is 1. The Hall–Kier alpha value is -1.82. The summed E-state index contributed by atoms with van der Waals surface area (Å²) in [5, 5.41) is 3.95. The summed E-state index contributed by atoms with van der Waals surface area (Å²) < 4.78 is 7.22. The Balaban J connectivity index is 1.26. The van der Waals surface area contributed by atoms with Gasteiger partial charge in [0, 0.05) is 32.0 Å². The molecule has 2 heterocycles. The highest BCUT2D eigenvalue weighted by molar-refractivity contribution is 7.20. The highest BCUT2D eigenvalue weighted by atomic mass is 32.1. The van der Waals surface area contributed by atoms with E-state index in [2.05, 4.69) is 16.4 Å². The Bertz CT molecular complexity index is 685. The number of carbonyl (C=O) groups excluding carboxylic acids is 1. The van der Waals surface area contributed by atoms with Crippen LogP contribution in [0.4, 0.5) is 4.79 Å². The van der Waals surface area contributed by atoms with Gasteiger partial charge in [-0.1, -0.05) is 42.7 Å². The third-order valence-electron chi connectivity index (χ3n) is 5.20. The standard InChI is InChI=1S/C19H25N3O2S/c23-18(20-14-6-2-1-3-7-14)22-12-10-15(11-13-22)24-19-21-16-8-4-5-9-17(16)25-19/h4-5,8-9,14-15H,1-3,6-7,10-13H2,(H,20,23). The van der Waals surface area contributed by atoms with Gasteiger partial charge in [-0.2, -0.15) is 0 Å². The lowest BCUT2D eigenvalue weighted by molar-refractivity contribution is 0.109. The van der Waals surface area contributed by atoms with Gasteiger partial charge in [0.1, 0.15) is 6.10 Å². The summed E-state index contributed by atoms with van der Waals surface area (Å²) >= 11 is 1.60. The van der Waals surface area contributed by atoms with Crippen molar-refractivity contribution in [3.05, 3.63) is 24.3 Å². The molecule has 1 aromatic heterocycles. The second kappa shape index (κ2) is 7.60. The largest absolute Gasteiger partial charge is 0.467 e. The molecule has 0 radical (unpaired) electrons. The van der Waals surface area contributed by atoms with Crippen LogP contribution >= 0.6 is 11.3 Å². The number of thiazole rings is 1. The first-order valence-electron chi connectivity index (χ1n) is 9.35. The van der Waals surface area contributed by atoms with Gasteiger partial charge in [0.2, 0.25) is 0 Å². The predicted octanol–water partition coefficient (Wildman–Crippen LogP) is 4.18. The van der Waals surface area contributed by atoms with Crippen molar-refractivity contribution in [2.24, 2.45) is 0 Å². The maximum absolute atomic E-state index is 12.4. The summed E-state index contributed by atoms with van der Waals surface area (Å²) in [4.78, 5) is 18.9. The van der Waals surface area contributed by atoms with Crippen LogP contribution in [0, 0.1) is 0 Å². The van der Waals surface area contributed by atoms with Gasteiger partial charge in [0.05, 0.1) is 10.2 Å². The van der Waals surface area contributed by atoms with Gasteiger partial charge in [-0.05, 0) is 25.0 Å². The first-order valence-corrected chi connectivity index (χ1v) is 10.2. The number of urea groups is 1. The molecule has 6 heteroatoms. The second-order valence-electron chi connectivity index (χ2n) is 7.04. The van der Waals surface area contributed by atoms with Crippen molar-refractivity contribution < 1.29 is 9.53 Å². The van der Waals surface area contributed by atoms with Crippen LogP contribution in [0.3, 0.4) is 0 Å². The van der Waals surface area contributed by atoms with Gasteiger partial charge < -0.3 is 15.0 Å². The van der Waals surface area contributed by atoms with Crippen LogP contribution in [0.5, 0.6) is 5.19 Å². The lowest BCUT2D eigenvalue weighted by Crippen LogP contribution is -2.49. The Morgan fingerprint density at radius 3 is 2.64 bits per heavy atom. The van der Waals surface area contributed by atoms with E-state index in [-0.39, 0.29) is 12.1 Å². The van der Waals surface area contributed by atoms with E-state index in [0.29, 0.717) is 6.04 Å². The minimum absolute atomic E-state index is 0.102. The van der Waals surface area contributed by atoms with E-state index in [4.69, 9.17) is 4.74 Å². The number of likely N-dealkylation sites (tertiary alicyclic amines) is 1. The van der Waals surface area contributed by atoms with Crippen molar-refractivity contribution >= 4 is 27.6 Å². The number of hydrogen-bond acceptors (Lipinski definition) is 4. The van der Waals surface area contributed by atoms with Gasteiger partial charge in [0.25, 0.3) is 5.19 Å². The Labute approximate surface area is 152 Å². The highest BCUT2D eigenvalue weighted by Crippen LogP contribution is 2.29. The molecule has 2 amide bonds. The summed E-state index contributed by atoms with van der Waals surface area (Å²) in [5.74, 6) is 0. The fraction of sp³-hybridized carbons (Fsp3) is 0.579. The average Bonchev–Trinajstić information content (AvgIpc) is 3.05. The van der Waals surface area contributed by atoms with E-state index in [0.717, 1.165) is 54.2 Å². The number of benzene rings is 1. The third-order valence-corrected chi connectivity index (χ3v) is 6.13. The molecule has 4 rings (SSSR count). The minimum atomic E-state index is 0.102. The van der Waals surface area contributed by atoms with Gasteiger partial charge in [0.15, 0.2) is 0 Å². The Kier molecular flexibility index (Phi) is 5.06. The van der Waals surface area contributed by atoms with Crippen LogP contribution in [-0.4, -0.2) is 41.2 Å². The summed E-state index contributed by atoms with van der Waals surface area (Å²) in [6, 6.07) is 8.57. The summed E-state index contributed by atoms with van der Waals surface area (Å²) in [7, 11) is 0. The maximum atomic E-state index is 12.4. The summed E-state index contributed by atoms with van der Waals surface area (Å²) in [6.45, 7) is 1.52. The smallest absolute Gasteiger partial charge is 0.317 e. The molecule has 0 bridgehead atoms. The van der Waals surface area contributed by atoms with E-state index in [1.165, 1.54) is 19.3 Å².